The SMILES string of the molecule is N#C[C@H](c1ccccc1)N1CCN(CCC(=O)N2CCOCC2)CC1. The highest BCUT2D eigenvalue weighted by Crippen LogP contribution is 2.21. The topological polar surface area (TPSA) is 59.8 Å². The molecule has 0 radical (unpaired) electrons. The van der Waals surface area contributed by atoms with Gasteiger partial charge in [0.05, 0.1) is 19.3 Å². The van der Waals surface area contributed by atoms with Crippen LogP contribution in [-0.2, 0) is 9.53 Å². The number of benzene rings is 1. The fraction of sp³-hybridized carbons (Fsp3) is 0.579. The van der Waals surface area contributed by atoms with Gasteiger partial charge in [-0.3, -0.25) is 9.69 Å². The lowest BCUT2D eigenvalue weighted by Crippen LogP contribution is -2.48. The minimum Gasteiger partial charge on any atom is -0.378 e. The van der Waals surface area contributed by atoms with Crippen LogP contribution in [0.5, 0.6) is 0 Å². The summed E-state index contributed by atoms with van der Waals surface area (Å²) in [4.78, 5) is 18.7. The van der Waals surface area contributed by atoms with Crippen LogP contribution < -0.4 is 0 Å². The number of nitrogens with zero attached hydrogens (tertiary/aromatic N) is 4. The van der Waals surface area contributed by atoms with E-state index in [2.05, 4.69) is 15.9 Å². The Morgan fingerprint density at radius 2 is 1.76 bits per heavy atom. The van der Waals surface area contributed by atoms with Gasteiger partial charge in [0, 0.05) is 52.2 Å². The molecule has 6 heteroatoms. The molecule has 0 bridgehead atoms. The molecule has 2 saturated heterocycles. The monoisotopic (exact) mass is 342 g/mol. The van der Waals surface area contributed by atoms with Crippen LogP contribution in [0.1, 0.15) is 18.0 Å². The Balaban J connectivity index is 1.44. The van der Waals surface area contributed by atoms with Crippen molar-refractivity contribution in [2.45, 2.75) is 12.5 Å². The lowest BCUT2D eigenvalue weighted by atomic mass is 10.1. The molecule has 2 aliphatic rings. The lowest BCUT2D eigenvalue weighted by Gasteiger charge is -2.37. The Hall–Kier alpha value is -1.94. The number of hydrogen-bond donors (Lipinski definition) is 0. The first-order valence-corrected chi connectivity index (χ1v) is 9.04. The van der Waals surface area contributed by atoms with E-state index in [4.69, 9.17) is 4.74 Å². The van der Waals surface area contributed by atoms with Crippen LogP contribution in [0.2, 0.25) is 0 Å². The maximum atomic E-state index is 12.2. The molecule has 0 aliphatic carbocycles. The highest BCUT2D eigenvalue weighted by atomic mass is 16.5. The quantitative estimate of drug-likeness (QED) is 0.802. The van der Waals surface area contributed by atoms with E-state index in [0.29, 0.717) is 32.7 Å². The molecule has 1 aromatic carbocycles. The summed E-state index contributed by atoms with van der Waals surface area (Å²) in [5.41, 5.74) is 1.06. The Bertz CT molecular complexity index is 587. The van der Waals surface area contributed by atoms with E-state index in [9.17, 15) is 10.1 Å². The number of carbonyl (C=O) groups is 1. The molecule has 1 aromatic rings. The van der Waals surface area contributed by atoms with Crippen LogP contribution in [0.3, 0.4) is 0 Å². The third-order valence-corrected chi connectivity index (χ3v) is 5.02. The van der Waals surface area contributed by atoms with Crippen molar-refractivity contribution < 1.29 is 9.53 Å². The number of carbonyl (C=O) groups excluding carboxylic acids is 1. The Morgan fingerprint density at radius 1 is 1.08 bits per heavy atom. The van der Waals surface area contributed by atoms with Gasteiger partial charge in [-0.05, 0) is 5.56 Å². The minimum atomic E-state index is -0.182. The Morgan fingerprint density at radius 3 is 2.40 bits per heavy atom. The van der Waals surface area contributed by atoms with E-state index in [-0.39, 0.29) is 11.9 Å². The van der Waals surface area contributed by atoms with Crippen LogP contribution in [-0.4, -0.2) is 79.6 Å². The van der Waals surface area contributed by atoms with Crippen LogP contribution in [0.4, 0.5) is 0 Å². The molecule has 2 heterocycles. The van der Waals surface area contributed by atoms with Gasteiger partial charge >= 0.3 is 0 Å². The molecule has 0 saturated carbocycles. The standard InChI is InChI=1S/C19H26N4O2/c20-16-18(17-4-2-1-3-5-17)22-10-8-21(9-11-22)7-6-19(24)23-12-14-25-15-13-23/h1-5,18H,6-15H2/t18-/m1/s1. The molecule has 1 amide bonds. The number of piperazine rings is 1. The molecule has 0 aromatic heterocycles. The molecule has 0 N–H and O–H groups in total. The number of rotatable bonds is 5. The smallest absolute Gasteiger partial charge is 0.224 e. The normalized spacial score (nSPS) is 20.8. The largest absolute Gasteiger partial charge is 0.378 e. The number of nitriles is 1. The summed E-state index contributed by atoms with van der Waals surface area (Å²) in [7, 11) is 0. The predicted molar refractivity (Wildman–Crippen MR) is 94.8 cm³/mol. The average molecular weight is 342 g/mol. The van der Waals surface area contributed by atoms with Gasteiger partial charge < -0.3 is 14.5 Å². The first-order chi connectivity index (χ1) is 12.3. The number of ether oxygens (including phenoxy) is 1. The fourth-order valence-electron chi connectivity index (χ4n) is 3.47. The predicted octanol–water partition coefficient (Wildman–Crippen LogP) is 1.12. The molecule has 134 valence electrons. The van der Waals surface area contributed by atoms with Gasteiger partial charge in [-0.15, -0.1) is 0 Å². The Kier molecular flexibility index (Phi) is 6.40. The van der Waals surface area contributed by atoms with Crippen molar-refractivity contribution in [3.63, 3.8) is 0 Å². The fourth-order valence-corrected chi connectivity index (χ4v) is 3.47. The van der Waals surface area contributed by atoms with Crippen molar-refractivity contribution in [3.05, 3.63) is 35.9 Å². The molecule has 2 aliphatic heterocycles. The van der Waals surface area contributed by atoms with Gasteiger partial charge in [-0.2, -0.15) is 5.26 Å². The Labute approximate surface area is 149 Å². The van der Waals surface area contributed by atoms with Crippen LogP contribution in [0, 0.1) is 11.3 Å². The van der Waals surface area contributed by atoms with Gasteiger partial charge in [-0.1, -0.05) is 30.3 Å². The summed E-state index contributed by atoms with van der Waals surface area (Å²) < 4.78 is 5.29. The van der Waals surface area contributed by atoms with Gasteiger partial charge in [0.25, 0.3) is 0 Å². The van der Waals surface area contributed by atoms with Crippen molar-refractivity contribution in [3.8, 4) is 6.07 Å². The zero-order valence-electron chi connectivity index (χ0n) is 14.6. The second kappa shape index (κ2) is 8.95. The van der Waals surface area contributed by atoms with Crippen LogP contribution in [0.15, 0.2) is 30.3 Å². The van der Waals surface area contributed by atoms with E-state index in [1.54, 1.807) is 0 Å². The van der Waals surface area contributed by atoms with Crippen molar-refractivity contribution in [1.29, 1.82) is 5.26 Å². The molecule has 25 heavy (non-hydrogen) atoms. The molecular formula is C19H26N4O2. The molecule has 1 atom stereocenters. The summed E-state index contributed by atoms with van der Waals surface area (Å²) in [6, 6.07) is 12.2. The van der Waals surface area contributed by atoms with E-state index in [0.717, 1.165) is 38.3 Å². The first-order valence-electron chi connectivity index (χ1n) is 9.04. The molecule has 2 fully saturated rings. The molecule has 3 rings (SSSR count). The molecule has 0 spiro atoms. The second-order valence-corrected chi connectivity index (χ2v) is 6.56. The van der Waals surface area contributed by atoms with Gasteiger partial charge in [0.15, 0.2) is 0 Å². The first kappa shape index (κ1) is 17.9. The maximum Gasteiger partial charge on any atom is 0.224 e. The van der Waals surface area contributed by atoms with Gasteiger partial charge in [0.2, 0.25) is 5.91 Å². The van der Waals surface area contributed by atoms with Gasteiger partial charge in [0.1, 0.15) is 6.04 Å². The van der Waals surface area contributed by atoms with E-state index in [1.165, 1.54) is 0 Å². The van der Waals surface area contributed by atoms with Crippen LogP contribution in [0.25, 0.3) is 0 Å². The summed E-state index contributed by atoms with van der Waals surface area (Å²) in [6.45, 7) is 7.06. The van der Waals surface area contributed by atoms with Gasteiger partial charge in [-0.25, -0.2) is 0 Å². The average Bonchev–Trinajstić information content (AvgIpc) is 2.69. The number of amides is 1. The van der Waals surface area contributed by atoms with Crippen LogP contribution >= 0.6 is 0 Å². The summed E-state index contributed by atoms with van der Waals surface area (Å²) in [6.07, 6.45) is 0.570. The summed E-state index contributed by atoms with van der Waals surface area (Å²) >= 11 is 0. The number of morpholine rings is 1. The lowest BCUT2D eigenvalue weighted by molar-refractivity contribution is -0.135. The van der Waals surface area contributed by atoms with E-state index in [1.807, 2.05) is 35.2 Å². The summed E-state index contributed by atoms with van der Waals surface area (Å²) in [5.74, 6) is 0.227. The number of hydrogen-bond acceptors (Lipinski definition) is 5. The zero-order chi connectivity index (χ0) is 17.5. The van der Waals surface area contributed by atoms with E-state index < -0.39 is 0 Å². The molecule has 0 unspecified atom stereocenters. The zero-order valence-corrected chi connectivity index (χ0v) is 14.6. The highest BCUT2D eigenvalue weighted by molar-refractivity contribution is 5.76. The van der Waals surface area contributed by atoms with Crippen molar-refractivity contribution >= 4 is 5.91 Å². The minimum absolute atomic E-state index is 0.182. The summed E-state index contributed by atoms with van der Waals surface area (Å²) in [5, 5.41) is 9.55. The maximum absolute atomic E-state index is 12.2. The van der Waals surface area contributed by atoms with Crippen molar-refractivity contribution in [2.75, 3.05) is 59.0 Å². The third-order valence-electron chi connectivity index (χ3n) is 5.02. The molecular weight excluding hydrogens is 316 g/mol. The van der Waals surface area contributed by atoms with Crippen molar-refractivity contribution in [2.24, 2.45) is 0 Å². The van der Waals surface area contributed by atoms with Crippen molar-refractivity contribution in [1.82, 2.24) is 14.7 Å². The highest BCUT2D eigenvalue weighted by Gasteiger charge is 2.25. The molecule has 6 nitrogen and oxygen atoms in total. The third kappa shape index (κ3) is 4.79. The van der Waals surface area contributed by atoms with E-state index >= 15 is 0 Å². The second-order valence-electron chi connectivity index (χ2n) is 6.56.